The minimum absolute atomic E-state index is 0. The first-order valence-electron chi connectivity index (χ1n) is 5.67. The number of carbonyl (C=O) groups is 1. The average molecular weight is 257 g/mol. The van der Waals surface area contributed by atoms with Crippen molar-refractivity contribution in [3.05, 3.63) is 35.9 Å². The molecule has 0 aliphatic heterocycles. The van der Waals surface area contributed by atoms with Crippen LogP contribution >= 0.6 is 12.4 Å². The lowest BCUT2D eigenvalue weighted by atomic mass is 10.1. The topological polar surface area (TPSA) is 55.1 Å². The maximum absolute atomic E-state index is 11.6. The summed E-state index contributed by atoms with van der Waals surface area (Å²) in [6.07, 6.45) is 0.588. The van der Waals surface area contributed by atoms with Crippen molar-refractivity contribution in [1.82, 2.24) is 5.32 Å². The van der Waals surface area contributed by atoms with Gasteiger partial charge in [-0.25, -0.2) is 0 Å². The summed E-state index contributed by atoms with van der Waals surface area (Å²) in [5.74, 6) is 0.380. The predicted molar refractivity (Wildman–Crippen MR) is 73.2 cm³/mol. The minimum atomic E-state index is -0.457. The number of nitrogens with one attached hydrogen (secondary N) is 1. The summed E-state index contributed by atoms with van der Waals surface area (Å²) < 4.78 is 0. The largest absolute Gasteiger partial charge is 0.354 e. The lowest BCUT2D eigenvalue weighted by molar-refractivity contribution is -0.122. The Balaban J connectivity index is 0.00000256. The quantitative estimate of drug-likeness (QED) is 0.843. The Labute approximate surface area is 109 Å². The number of rotatable bonds is 5. The van der Waals surface area contributed by atoms with Crippen LogP contribution in [0.15, 0.2) is 30.3 Å². The van der Waals surface area contributed by atoms with E-state index in [0.29, 0.717) is 18.9 Å². The molecule has 0 unspecified atom stereocenters. The van der Waals surface area contributed by atoms with Crippen LogP contribution in [-0.2, 0) is 11.2 Å². The monoisotopic (exact) mass is 256 g/mol. The molecule has 0 saturated carbocycles. The van der Waals surface area contributed by atoms with E-state index >= 15 is 0 Å². The first-order chi connectivity index (χ1) is 7.59. The van der Waals surface area contributed by atoms with Crippen LogP contribution in [0.1, 0.15) is 19.4 Å². The van der Waals surface area contributed by atoms with Crippen molar-refractivity contribution in [2.75, 3.05) is 6.54 Å². The number of benzene rings is 1. The average Bonchev–Trinajstić information content (AvgIpc) is 2.27. The molecular formula is C13H21ClN2O. The molecule has 0 heterocycles. The molecule has 1 atom stereocenters. The molecule has 3 N–H and O–H groups in total. The summed E-state index contributed by atoms with van der Waals surface area (Å²) in [6.45, 7) is 4.80. The van der Waals surface area contributed by atoms with Crippen molar-refractivity contribution in [2.24, 2.45) is 11.7 Å². The van der Waals surface area contributed by atoms with Crippen molar-refractivity contribution in [3.63, 3.8) is 0 Å². The number of amides is 1. The van der Waals surface area contributed by atoms with Gasteiger partial charge in [0.05, 0.1) is 6.04 Å². The van der Waals surface area contributed by atoms with Crippen molar-refractivity contribution in [2.45, 2.75) is 26.3 Å². The predicted octanol–water partition coefficient (Wildman–Crippen LogP) is 1.75. The molecule has 0 aromatic heterocycles. The molecule has 0 radical (unpaired) electrons. The summed E-state index contributed by atoms with van der Waals surface area (Å²) in [5, 5.41) is 2.84. The van der Waals surface area contributed by atoms with Crippen molar-refractivity contribution < 1.29 is 4.79 Å². The first kappa shape index (κ1) is 15.9. The Morgan fingerprint density at radius 1 is 1.29 bits per heavy atom. The van der Waals surface area contributed by atoms with E-state index in [9.17, 15) is 4.79 Å². The molecule has 1 amide bonds. The Kier molecular flexibility index (Phi) is 7.59. The standard InChI is InChI=1S/C13H20N2O.ClH/c1-10(2)9-15-13(16)12(14)8-11-6-4-3-5-7-11;/h3-7,10,12H,8-9,14H2,1-2H3,(H,15,16);1H/t12-;/m1./s1. The van der Waals surface area contributed by atoms with Crippen LogP contribution in [0.3, 0.4) is 0 Å². The second-order valence-corrected chi connectivity index (χ2v) is 4.44. The Morgan fingerprint density at radius 2 is 1.88 bits per heavy atom. The third-order valence-corrected chi connectivity index (χ3v) is 2.32. The second-order valence-electron chi connectivity index (χ2n) is 4.44. The highest BCUT2D eigenvalue weighted by Gasteiger charge is 2.13. The number of hydrogen-bond donors (Lipinski definition) is 2. The normalized spacial score (nSPS) is 11.8. The molecule has 96 valence electrons. The van der Waals surface area contributed by atoms with Crippen LogP contribution in [0.4, 0.5) is 0 Å². The van der Waals surface area contributed by atoms with Gasteiger partial charge in [-0.1, -0.05) is 44.2 Å². The van der Waals surface area contributed by atoms with Crippen LogP contribution in [-0.4, -0.2) is 18.5 Å². The molecule has 1 rings (SSSR count). The molecule has 3 nitrogen and oxygen atoms in total. The van der Waals surface area contributed by atoms with Crippen molar-refractivity contribution in [1.29, 1.82) is 0 Å². The van der Waals surface area contributed by atoms with E-state index in [-0.39, 0.29) is 18.3 Å². The van der Waals surface area contributed by atoms with Crippen molar-refractivity contribution in [3.8, 4) is 0 Å². The summed E-state index contributed by atoms with van der Waals surface area (Å²) in [4.78, 5) is 11.6. The molecule has 0 aliphatic rings. The molecule has 1 aromatic rings. The number of halogens is 1. The SMILES string of the molecule is CC(C)CNC(=O)[C@H](N)Cc1ccccc1.Cl. The van der Waals surface area contributed by atoms with E-state index in [4.69, 9.17) is 5.73 Å². The summed E-state index contributed by atoms with van der Waals surface area (Å²) in [6, 6.07) is 9.36. The Hall–Kier alpha value is -1.06. The van der Waals surface area contributed by atoms with Gasteiger partial charge in [-0.3, -0.25) is 4.79 Å². The third-order valence-electron chi connectivity index (χ3n) is 2.32. The van der Waals surface area contributed by atoms with E-state index < -0.39 is 6.04 Å². The van der Waals surface area contributed by atoms with E-state index in [1.807, 2.05) is 30.3 Å². The molecule has 0 saturated heterocycles. The summed E-state index contributed by atoms with van der Waals surface area (Å²) >= 11 is 0. The zero-order valence-electron chi connectivity index (χ0n) is 10.3. The highest BCUT2D eigenvalue weighted by atomic mass is 35.5. The van der Waals surface area contributed by atoms with Gasteiger partial charge in [-0.15, -0.1) is 12.4 Å². The van der Waals surface area contributed by atoms with Crippen molar-refractivity contribution >= 4 is 18.3 Å². The Bertz CT molecular complexity index is 327. The molecular weight excluding hydrogens is 236 g/mol. The van der Waals surface area contributed by atoms with Gasteiger partial charge in [-0.05, 0) is 17.9 Å². The van der Waals surface area contributed by atoms with Gasteiger partial charge in [0.2, 0.25) is 5.91 Å². The zero-order valence-corrected chi connectivity index (χ0v) is 11.2. The molecule has 4 heteroatoms. The molecule has 17 heavy (non-hydrogen) atoms. The van der Waals surface area contributed by atoms with E-state index in [2.05, 4.69) is 19.2 Å². The lowest BCUT2D eigenvalue weighted by Gasteiger charge is -2.13. The van der Waals surface area contributed by atoms with Gasteiger partial charge in [0.15, 0.2) is 0 Å². The van der Waals surface area contributed by atoms with Crippen LogP contribution in [0.2, 0.25) is 0 Å². The highest BCUT2D eigenvalue weighted by Crippen LogP contribution is 2.01. The van der Waals surface area contributed by atoms with Crippen LogP contribution in [0.25, 0.3) is 0 Å². The summed E-state index contributed by atoms with van der Waals surface area (Å²) in [5.41, 5.74) is 6.92. The fraction of sp³-hybridized carbons (Fsp3) is 0.462. The maximum Gasteiger partial charge on any atom is 0.237 e. The molecule has 0 spiro atoms. The summed E-state index contributed by atoms with van der Waals surface area (Å²) in [7, 11) is 0. The minimum Gasteiger partial charge on any atom is -0.354 e. The van der Waals surface area contributed by atoms with Crippen LogP contribution in [0, 0.1) is 5.92 Å². The smallest absolute Gasteiger partial charge is 0.237 e. The number of carbonyl (C=O) groups excluding carboxylic acids is 1. The number of nitrogens with two attached hydrogens (primary N) is 1. The van der Waals surface area contributed by atoms with Gasteiger partial charge in [0, 0.05) is 6.54 Å². The van der Waals surface area contributed by atoms with E-state index in [1.54, 1.807) is 0 Å². The Morgan fingerprint density at radius 3 is 2.41 bits per heavy atom. The number of hydrogen-bond acceptors (Lipinski definition) is 2. The van der Waals surface area contributed by atoms with Crippen LogP contribution < -0.4 is 11.1 Å². The second kappa shape index (κ2) is 8.09. The van der Waals surface area contributed by atoms with Gasteiger partial charge in [0.25, 0.3) is 0 Å². The molecule has 0 fully saturated rings. The van der Waals surface area contributed by atoms with Gasteiger partial charge >= 0.3 is 0 Å². The fourth-order valence-electron chi connectivity index (χ4n) is 1.40. The zero-order chi connectivity index (χ0) is 12.0. The van der Waals surface area contributed by atoms with Gasteiger partial charge in [0.1, 0.15) is 0 Å². The van der Waals surface area contributed by atoms with Gasteiger partial charge < -0.3 is 11.1 Å². The van der Waals surface area contributed by atoms with E-state index in [0.717, 1.165) is 5.56 Å². The highest BCUT2D eigenvalue weighted by molar-refractivity contribution is 5.85. The molecule has 0 aliphatic carbocycles. The molecule has 0 bridgehead atoms. The first-order valence-corrected chi connectivity index (χ1v) is 5.67. The fourth-order valence-corrected chi connectivity index (χ4v) is 1.40. The third kappa shape index (κ3) is 6.29. The molecule has 1 aromatic carbocycles. The maximum atomic E-state index is 11.6. The lowest BCUT2D eigenvalue weighted by Crippen LogP contribution is -2.43. The van der Waals surface area contributed by atoms with Crippen LogP contribution in [0.5, 0.6) is 0 Å². The van der Waals surface area contributed by atoms with Gasteiger partial charge in [-0.2, -0.15) is 0 Å². The van der Waals surface area contributed by atoms with E-state index in [1.165, 1.54) is 0 Å².